The summed E-state index contributed by atoms with van der Waals surface area (Å²) in [7, 11) is 0. The lowest BCUT2D eigenvalue weighted by Gasteiger charge is -2.30. The fourth-order valence-corrected chi connectivity index (χ4v) is 1.71. The van der Waals surface area contributed by atoms with Crippen LogP contribution in [0.15, 0.2) is 0 Å². The number of amides is 2. The van der Waals surface area contributed by atoms with Crippen LogP contribution >= 0.6 is 0 Å². The monoisotopic (exact) mass is 257 g/mol. The van der Waals surface area contributed by atoms with Crippen molar-refractivity contribution in [1.82, 2.24) is 15.5 Å². The number of rotatable bonds is 2. The van der Waals surface area contributed by atoms with E-state index in [1.165, 1.54) is 0 Å². The van der Waals surface area contributed by atoms with Crippen LogP contribution in [0.25, 0.3) is 0 Å². The third kappa shape index (κ3) is 4.91. The summed E-state index contributed by atoms with van der Waals surface area (Å²) in [5, 5.41) is 5.74. The second-order valence-corrected chi connectivity index (χ2v) is 5.44. The van der Waals surface area contributed by atoms with Crippen molar-refractivity contribution in [1.29, 1.82) is 0 Å². The van der Waals surface area contributed by atoms with Crippen molar-refractivity contribution in [2.75, 3.05) is 26.2 Å². The molecule has 0 aliphatic carbocycles. The van der Waals surface area contributed by atoms with E-state index in [4.69, 9.17) is 4.74 Å². The molecule has 0 aromatic carbocycles. The van der Waals surface area contributed by atoms with Crippen LogP contribution in [-0.4, -0.2) is 54.7 Å². The molecule has 6 nitrogen and oxygen atoms in total. The Bertz CT molecular complexity index is 306. The summed E-state index contributed by atoms with van der Waals surface area (Å²) in [6.45, 7) is 9.99. The van der Waals surface area contributed by atoms with Gasteiger partial charge in [-0.2, -0.15) is 0 Å². The highest BCUT2D eigenvalue weighted by atomic mass is 16.6. The average molecular weight is 257 g/mol. The molecule has 1 fully saturated rings. The summed E-state index contributed by atoms with van der Waals surface area (Å²) < 4.78 is 5.11. The third-order valence-corrected chi connectivity index (χ3v) is 2.53. The maximum atomic E-state index is 12.0. The van der Waals surface area contributed by atoms with Gasteiger partial charge in [0.15, 0.2) is 0 Å². The van der Waals surface area contributed by atoms with E-state index < -0.39 is 17.7 Å². The number of hydrogen-bond acceptors (Lipinski definition) is 4. The van der Waals surface area contributed by atoms with Crippen molar-refractivity contribution in [3.05, 3.63) is 0 Å². The molecule has 1 atom stereocenters. The van der Waals surface area contributed by atoms with E-state index in [0.29, 0.717) is 13.1 Å². The van der Waals surface area contributed by atoms with Gasteiger partial charge in [-0.25, -0.2) is 4.79 Å². The van der Waals surface area contributed by atoms with Gasteiger partial charge in [-0.15, -0.1) is 0 Å². The standard InChI is InChI=1S/C12H23N3O3/c1-9(14-11(17)18-12(2,3)4)10(16)15-7-5-13-6-8-15/h9,13H,5-8H2,1-4H3,(H,14,17)/t9-/m1/s1. The second-order valence-electron chi connectivity index (χ2n) is 5.44. The molecule has 0 bridgehead atoms. The maximum absolute atomic E-state index is 12.0. The van der Waals surface area contributed by atoms with E-state index in [9.17, 15) is 9.59 Å². The lowest BCUT2D eigenvalue weighted by atomic mass is 10.2. The lowest BCUT2D eigenvalue weighted by molar-refractivity contribution is -0.133. The summed E-state index contributed by atoms with van der Waals surface area (Å²) in [5.74, 6) is -0.0673. The Balaban J connectivity index is 2.41. The third-order valence-electron chi connectivity index (χ3n) is 2.53. The molecular weight excluding hydrogens is 234 g/mol. The van der Waals surface area contributed by atoms with Crippen LogP contribution in [-0.2, 0) is 9.53 Å². The zero-order chi connectivity index (χ0) is 13.8. The molecule has 0 saturated carbocycles. The molecule has 0 radical (unpaired) electrons. The number of ether oxygens (including phenoxy) is 1. The summed E-state index contributed by atoms with van der Waals surface area (Å²) in [5.41, 5.74) is -0.554. The van der Waals surface area contributed by atoms with E-state index in [1.807, 2.05) is 0 Å². The van der Waals surface area contributed by atoms with Crippen LogP contribution in [0.4, 0.5) is 4.79 Å². The van der Waals surface area contributed by atoms with Crippen molar-refractivity contribution < 1.29 is 14.3 Å². The number of nitrogens with one attached hydrogen (secondary N) is 2. The first-order chi connectivity index (χ1) is 8.29. The zero-order valence-corrected chi connectivity index (χ0v) is 11.6. The van der Waals surface area contributed by atoms with Crippen LogP contribution in [0.2, 0.25) is 0 Å². The van der Waals surface area contributed by atoms with E-state index in [-0.39, 0.29) is 5.91 Å². The van der Waals surface area contributed by atoms with Gasteiger partial charge in [0.05, 0.1) is 0 Å². The SMILES string of the molecule is C[C@@H](NC(=O)OC(C)(C)C)C(=O)N1CCNCC1. The first-order valence-corrected chi connectivity index (χ1v) is 6.28. The molecule has 0 unspecified atom stereocenters. The Kier molecular flexibility index (Phi) is 4.95. The number of carbonyl (C=O) groups is 2. The van der Waals surface area contributed by atoms with Gasteiger partial charge < -0.3 is 20.3 Å². The molecule has 1 saturated heterocycles. The molecule has 18 heavy (non-hydrogen) atoms. The minimum Gasteiger partial charge on any atom is -0.444 e. The maximum Gasteiger partial charge on any atom is 0.408 e. The number of piperazine rings is 1. The molecule has 0 aromatic rings. The van der Waals surface area contributed by atoms with Gasteiger partial charge >= 0.3 is 6.09 Å². The number of alkyl carbamates (subject to hydrolysis) is 1. The lowest BCUT2D eigenvalue weighted by Crippen LogP contribution is -2.53. The normalized spacial score (nSPS) is 18.1. The Morgan fingerprint density at radius 3 is 2.33 bits per heavy atom. The van der Waals surface area contributed by atoms with Gasteiger partial charge in [0.2, 0.25) is 5.91 Å². The largest absolute Gasteiger partial charge is 0.444 e. The number of carbonyl (C=O) groups excluding carboxylic acids is 2. The Morgan fingerprint density at radius 1 is 1.28 bits per heavy atom. The predicted octanol–water partition coefficient (Wildman–Crippen LogP) is 0.331. The number of hydrogen-bond donors (Lipinski definition) is 2. The first-order valence-electron chi connectivity index (χ1n) is 6.28. The van der Waals surface area contributed by atoms with Crippen molar-refractivity contribution in [3.8, 4) is 0 Å². The van der Waals surface area contributed by atoms with Gasteiger partial charge in [0, 0.05) is 26.2 Å². The molecule has 1 aliphatic rings. The van der Waals surface area contributed by atoms with Crippen molar-refractivity contribution >= 4 is 12.0 Å². The highest BCUT2D eigenvalue weighted by molar-refractivity contribution is 5.85. The molecule has 2 N–H and O–H groups in total. The fraction of sp³-hybridized carbons (Fsp3) is 0.833. The highest BCUT2D eigenvalue weighted by Gasteiger charge is 2.25. The van der Waals surface area contributed by atoms with Crippen molar-refractivity contribution in [2.24, 2.45) is 0 Å². The molecule has 0 spiro atoms. The second kappa shape index (κ2) is 6.04. The summed E-state index contributed by atoms with van der Waals surface area (Å²) in [6.07, 6.45) is -0.557. The van der Waals surface area contributed by atoms with Crippen LogP contribution in [0.5, 0.6) is 0 Å². The molecule has 2 amide bonds. The number of nitrogens with zero attached hydrogens (tertiary/aromatic N) is 1. The van der Waals surface area contributed by atoms with Gasteiger partial charge in [-0.05, 0) is 27.7 Å². The van der Waals surface area contributed by atoms with Crippen molar-refractivity contribution in [3.63, 3.8) is 0 Å². The summed E-state index contributed by atoms with van der Waals surface area (Å²) in [6, 6.07) is -0.557. The molecule has 0 aromatic heterocycles. The van der Waals surface area contributed by atoms with Crippen LogP contribution in [0.1, 0.15) is 27.7 Å². The summed E-state index contributed by atoms with van der Waals surface area (Å²) >= 11 is 0. The minimum atomic E-state index is -0.557. The Labute approximate surface area is 108 Å². The van der Waals surface area contributed by atoms with Crippen molar-refractivity contribution in [2.45, 2.75) is 39.3 Å². The van der Waals surface area contributed by atoms with Crippen LogP contribution < -0.4 is 10.6 Å². The Hall–Kier alpha value is -1.30. The molecule has 1 rings (SSSR count). The molecule has 1 heterocycles. The highest BCUT2D eigenvalue weighted by Crippen LogP contribution is 2.07. The first kappa shape index (κ1) is 14.8. The molecule has 6 heteroatoms. The zero-order valence-electron chi connectivity index (χ0n) is 11.6. The molecule has 104 valence electrons. The summed E-state index contributed by atoms with van der Waals surface area (Å²) in [4.78, 5) is 25.3. The smallest absolute Gasteiger partial charge is 0.408 e. The van der Waals surface area contributed by atoms with E-state index in [1.54, 1.807) is 32.6 Å². The molecular formula is C12H23N3O3. The minimum absolute atomic E-state index is 0.0673. The van der Waals surface area contributed by atoms with E-state index in [2.05, 4.69) is 10.6 Å². The van der Waals surface area contributed by atoms with Crippen LogP contribution in [0.3, 0.4) is 0 Å². The average Bonchev–Trinajstić information content (AvgIpc) is 2.26. The van der Waals surface area contributed by atoms with Gasteiger partial charge in [0.25, 0.3) is 0 Å². The molecule has 1 aliphatic heterocycles. The van der Waals surface area contributed by atoms with E-state index >= 15 is 0 Å². The van der Waals surface area contributed by atoms with Gasteiger partial charge in [-0.1, -0.05) is 0 Å². The fourth-order valence-electron chi connectivity index (χ4n) is 1.71. The topological polar surface area (TPSA) is 70.7 Å². The van der Waals surface area contributed by atoms with Crippen LogP contribution in [0, 0.1) is 0 Å². The quantitative estimate of drug-likeness (QED) is 0.748. The predicted molar refractivity (Wildman–Crippen MR) is 68.3 cm³/mol. The Morgan fingerprint density at radius 2 is 1.83 bits per heavy atom. The van der Waals surface area contributed by atoms with E-state index in [0.717, 1.165) is 13.1 Å². The van der Waals surface area contributed by atoms with Gasteiger partial charge in [-0.3, -0.25) is 4.79 Å². The van der Waals surface area contributed by atoms with Gasteiger partial charge in [0.1, 0.15) is 11.6 Å².